The number of amides is 2. The van der Waals surface area contributed by atoms with Crippen molar-refractivity contribution >= 4 is 17.7 Å². The Morgan fingerprint density at radius 1 is 1.33 bits per heavy atom. The zero-order valence-corrected chi connectivity index (χ0v) is 15.9. The molecule has 27 heavy (non-hydrogen) atoms. The summed E-state index contributed by atoms with van der Waals surface area (Å²) in [5, 5.41) is 12.6. The van der Waals surface area contributed by atoms with Gasteiger partial charge in [0.1, 0.15) is 12.0 Å². The highest BCUT2D eigenvalue weighted by Gasteiger charge is 2.39. The molecule has 7 heteroatoms. The van der Waals surface area contributed by atoms with Crippen LogP contribution < -0.4 is 10.1 Å². The Bertz CT molecular complexity index is 761. The molecule has 1 aromatic rings. The van der Waals surface area contributed by atoms with E-state index in [0.717, 1.165) is 25.7 Å². The van der Waals surface area contributed by atoms with E-state index in [9.17, 15) is 14.7 Å². The summed E-state index contributed by atoms with van der Waals surface area (Å²) >= 11 is 0. The minimum atomic E-state index is -0.714. The Morgan fingerprint density at radius 2 is 2.11 bits per heavy atom. The first-order valence-corrected chi connectivity index (χ1v) is 9.32. The summed E-state index contributed by atoms with van der Waals surface area (Å²) in [4.78, 5) is 28.8. The summed E-state index contributed by atoms with van der Waals surface area (Å²) in [6, 6.07) is 3.62. The summed E-state index contributed by atoms with van der Waals surface area (Å²) in [6.45, 7) is 3.83. The fraction of sp³-hybridized carbons (Fsp3) is 0.550. The van der Waals surface area contributed by atoms with Crippen molar-refractivity contribution in [3.63, 3.8) is 0 Å². The Morgan fingerprint density at radius 3 is 2.81 bits per heavy atom. The number of phenols is 1. The SMILES string of the molecule is COc1cc(C2NC(=O)N=C(C)C2C(=O)OC2CCCC(C)C2)ccc1O. The van der Waals surface area contributed by atoms with Gasteiger partial charge in [0.15, 0.2) is 11.5 Å². The lowest BCUT2D eigenvalue weighted by Crippen LogP contribution is -2.45. The van der Waals surface area contributed by atoms with E-state index in [1.807, 2.05) is 0 Å². The Kier molecular flexibility index (Phi) is 5.68. The van der Waals surface area contributed by atoms with Gasteiger partial charge in [-0.1, -0.05) is 19.4 Å². The standard InChI is InChI=1S/C20H26N2O5/c1-11-5-4-6-14(9-11)27-19(24)17-12(2)21-20(25)22-18(17)13-7-8-15(23)16(10-13)26-3/h7-8,10-11,14,17-18,23H,4-6,9H2,1-3H3,(H,22,25). The van der Waals surface area contributed by atoms with Gasteiger partial charge in [-0.15, -0.1) is 0 Å². The molecule has 1 aromatic carbocycles. The van der Waals surface area contributed by atoms with Crippen LogP contribution in [0.3, 0.4) is 0 Å². The van der Waals surface area contributed by atoms with Crippen LogP contribution in [0.5, 0.6) is 11.5 Å². The number of aromatic hydroxyl groups is 1. The molecule has 0 radical (unpaired) electrons. The molecule has 0 saturated heterocycles. The lowest BCUT2D eigenvalue weighted by atomic mass is 9.87. The third-order valence-electron chi connectivity index (χ3n) is 5.33. The van der Waals surface area contributed by atoms with Crippen molar-refractivity contribution in [1.29, 1.82) is 0 Å². The number of hydrogen-bond acceptors (Lipinski definition) is 5. The van der Waals surface area contributed by atoms with Crippen LogP contribution in [-0.4, -0.2) is 36.0 Å². The van der Waals surface area contributed by atoms with Crippen LogP contribution >= 0.6 is 0 Å². The molecule has 2 amide bonds. The van der Waals surface area contributed by atoms with Gasteiger partial charge in [-0.05, 0) is 49.8 Å². The number of phenolic OH excluding ortho intramolecular Hbond substituents is 1. The number of ether oxygens (including phenoxy) is 2. The molecule has 146 valence electrons. The van der Waals surface area contributed by atoms with E-state index in [2.05, 4.69) is 17.2 Å². The molecular weight excluding hydrogens is 348 g/mol. The number of esters is 1. The molecular formula is C20H26N2O5. The maximum atomic E-state index is 13.0. The minimum Gasteiger partial charge on any atom is -0.504 e. The average Bonchev–Trinajstić information content (AvgIpc) is 2.61. The second kappa shape index (κ2) is 7.98. The van der Waals surface area contributed by atoms with Gasteiger partial charge in [0.25, 0.3) is 0 Å². The predicted molar refractivity (Wildman–Crippen MR) is 100 cm³/mol. The van der Waals surface area contributed by atoms with Crippen molar-refractivity contribution in [1.82, 2.24) is 5.32 Å². The van der Waals surface area contributed by atoms with E-state index < -0.39 is 18.0 Å². The molecule has 1 aliphatic carbocycles. The first-order chi connectivity index (χ1) is 12.9. The largest absolute Gasteiger partial charge is 0.504 e. The lowest BCUT2D eigenvalue weighted by molar-refractivity contribution is -0.154. The van der Waals surface area contributed by atoms with Crippen molar-refractivity contribution in [3.05, 3.63) is 23.8 Å². The topological polar surface area (TPSA) is 97.2 Å². The third kappa shape index (κ3) is 4.23. The van der Waals surface area contributed by atoms with Gasteiger partial charge in [0, 0.05) is 5.71 Å². The number of aliphatic imine (C=N–C) groups is 1. The second-order valence-electron chi connectivity index (χ2n) is 7.42. The van der Waals surface area contributed by atoms with E-state index in [1.54, 1.807) is 19.1 Å². The van der Waals surface area contributed by atoms with Crippen molar-refractivity contribution < 1.29 is 24.2 Å². The highest BCUT2D eigenvalue weighted by Crippen LogP contribution is 2.35. The van der Waals surface area contributed by atoms with E-state index in [4.69, 9.17) is 9.47 Å². The summed E-state index contributed by atoms with van der Waals surface area (Å²) in [7, 11) is 1.45. The number of nitrogens with zero attached hydrogens (tertiary/aromatic N) is 1. The Balaban J connectivity index is 1.86. The highest BCUT2D eigenvalue weighted by atomic mass is 16.5. The quantitative estimate of drug-likeness (QED) is 0.788. The van der Waals surface area contributed by atoms with Crippen LogP contribution in [0.2, 0.25) is 0 Å². The van der Waals surface area contributed by atoms with Crippen molar-refractivity contribution in [2.45, 2.75) is 51.7 Å². The monoisotopic (exact) mass is 374 g/mol. The third-order valence-corrected chi connectivity index (χ3v) is 5.33. The number of carbonyl (C=O) groups is 2. The lowest BCUT2D eigenvalue weighted by Gasteiger charge is -2.33. The van der Waals surface area contributed by atoms with Gasteiger partial charge in [-0.2, -0.15) is 0 Å². The maximum Gasteiger partial charge on any atom is 0.341 e. The number of benzene rings is 1. The fourth-order valence-corrected chi connectivity index (χ4v) is 3.91. The predicted octanol–water partition coefficient (Wildman–Crippen LogP) is 3.36. The van der Waals surface area contributed by atoms with Crippen molar-refractivity contribution in [2.24, 2.45) is 16.8 Å². The van der Waals surface area contributed by atoms with Gasteiger partial charge in [-0.25, -0.2) is 9.79 Å². The minimum absolute atomic E-state index is 0.0101. The molecule has 2 N–H and O–H groups in total. The highest BCUT2D eigenvalue weighted by molar-refractivity contribution is 6.08. The van der Waals surface area contributed by atoms with E-state index in [0.29, 0.717) is 17.2 Å². The van der Waals surface area contributed by atoms with Crippen LogP contribution in [0, 0.1) is 11.8 Å². The number of nitrogens with one attached hydrogen (secondary N) is 1. The molecule has 3 rings (SSSR count). The van der Waals surface area contributed by atoms with E-state index in [-0.39, 0.29) is 23.6 Å². The number of hydrogen-bond donors (Lipinski definition) is 2. The number of methoxy groups -OCH3 is 1. The molecule has 1 saturated carbocycles. The molecule has 1 heterocycles. The van der Waals surface area contributed by atoms with E-state index >= 15 is 0 Å². The number of rotatable bonds is 4. The molecule has 1 aliphatic heterocycles. The first kappa shape index (κ1) is 19.2. The zero-order valence-electron chi connectivity index (χ0n) is 15.9. The van der Waals surface area contributed by atoms with E-state index in [1.165, 1.54) is 13.2 Å². The van der Waals surface area contributed by atoms with Crippen LogP contribution in [-0.2, 0) is 9.53 Å². The second-order valence-corrected chi connectivity index (χ2v) is 7.42. The molecule has 0 aromatic heterocycles. The smallest absolute Gasteiger partial charge is 0.341 e. The van der Waals surface area contributed by atoms with Gasteiger partial charge >= 0.3 is 12.0 Å². The molecule has 0 spiro atoms. The van der Waals surface area contributed by atoms with Crippen LogP contribution in [0.1, 0.15) is 51.1 Å². The summed E-state index contributed by atoms with van der Waals surface area (Å²) < 4.78 is 10.9. The molecule has 4 unspecified atom stereocenters. The average molecular weight is 374 g/mol. The van der Waals surface area contributed by atoms with Gasteiger partial charge in [-0.3, -0.25) is 4.79 Å². The van der Waals surface area contributed by atoms with Crippen molar-refractivity contribution in [2.75, 3.05) is 7.11 Å². The molecule has 2 aliphatic rings. The van der Waals surface area contributed by atoms with Crippen LogP contribution in [0.15, 0.2) is 23.2 Å². The number of carbonyl (C=O) groups excluding carboxylic acids is 2. The van der Waals surface area contributed by atoms with Gasteiger partial charge < -0.3 is 19.9 Å². The van der Waals surface area contributed by atoms with Gasteiger partial charge in [0.2, 0.25) is 0 Å². The molecule has 7 nitrogen and oxygen atoms in total. The Hall–Kier alpha value is -2.57. The normalized spacial score (nSPS) is 28.1. The molecule has 4 atom stereocenters. The first-order valence-electron chi connectivity index (χ1n) is 9.32. The van der Waals surface area contributed by atoms with Crippen LogP contribution in [0.25, 0.3) is 0 Å². The summed E-state index contributed by atoms with van der Waals surface area (Å²) in [5.41, 5.74) is 1.07. The van der Waals surface area contributed by atoms with Crippen molar-refractivity contribution in [3.8, 4) is 11.5 Å². The zero-order chi connectivity index (χ0) is 19.6. The van der Waals surface area contributed by atoms with Gasteiger partial charge in [0.05, 0.1) is 13.2 Å². The summed E-state index contributed by atoms with van der Waals surface area (Å²) in [5.74, 6) is -0.296. The van der Waals surface area contributed by atoms with Crippen LogP contribution in [0.4, 0.5) is 4.79 Å². The summed E-state index contributed by atoms with van der Waals surface area (Å²) in [6.07, 6.45) is 3.83. The number of urea groups is 1. The maximum absolute atomic E-state index is 13.0. The Labute approximate surface area is 158 Å². The molecule has 1 fully saturated rings. The molecule has 0 bridgehead atoms. The fourth-order valence-electron chi connectivity index (χ4n) is 3.91.